The van der Waals surface area contributed by atoms with Crippen molar-refractivity contribution in [2.75, 3.05) is 6.61 Å². The molecular weight excluding hydrogens is 380 g/mol. The summed E-state index contributed by atoms with van der Waals surface area (Å²) in [4.78, 5) is 12.3. The van der Waals surface area contributed by atoms with Crippen LogP contribution in [0.4, 0.5) is 0 Å². The summed E-state index contributed by atoms with van der Waals surface area (Å²) in [7, 11) is 0. The first-order valence-electron chi connectivity index (χ1n) is 12.8. The van der Waals surface area contributed by atoms with Crippen LogP contribution in [0.1, 0.15) is 106 Å². The van der Waals surface area contributed by atoms with E-state index in [0.29, 0.717) is 17.1 Å². The molecular formula is C29H48O2. The van der Waals surface area contributed by atoms with Gasteiger partial charge < -0.3 is 5.11 Å². The smallest absolute Gasteiger partial charge is 0.136 e. The lowest BCUT2D eigenvalue weighted by atomic mass is 9.49. The highest BCUT2D eigenvalue weighted by Gasteiger charge is 2.51. The summed E-state index contributed by atoms with van der Waals surface area (Å²) in [5.41, 5.74) is 4.38. The Bertz CT molecular complexity index is 683. The number of rotatable bonds is 10. The number of ketones is 1. The molecule has 2 fully saturated rings. The average Bonchev–Trinajstić information content (AvgIpc) is 2.73. The molecule has 0 radical (unpaired) electrons. The highest BCUT2D eigenvalue weighted by Crippen LogP contribution is 2.57. The maximum absolute atomic E-state index is 12.3. The Morgan fingerprint density at radius 1 is 0.968 bits per heavy atom. The van der Waals surface area contributed by atoms with Crippen LogP contribution in [0.15, 0.2) is 34.9 Å². The maximum Gasteiger partial charge on any atom is 0.136 e. The molecule has 2 saturated carbocycles. The summed E-state index contributed by atoms with van der Waals surface area (Å²) in [6.07, 6.45) is 18.3. The van der Waals surface area contributed by atoms with E-state index < -0.39 is 0 Å². The minimum absolute atomic E-state index is 0.170. The van der Waals surface area contributed by atoms with Gasteiger partial charge in [-0.3, -0.25) is 4.79 Å². The number of hydrogen-bond donors (Lipinski definition) is 1. The van der Waals surface area contributed by atoms with Crippen molar-refractivity contribution in [3.8, 4) is 0 Å². The number of fused-ring (bicyclic) bond motifs is 1. The van der Waals surface area contributed by atoms with E-state index >= 15 is 0 Å². The second kappa shape index (κ2) is 12.2. The van der Waals surface area contributed by atoms with E-state index in [0.717, 1.165) is 55.9 Å². The summed E-state index contributed by atoms with van der Waals surface area (Å²) in [6, 6.07) is 0. The predicted octanol–water partition coefficient (Wildman–Crippen LogP) is 7.83. The van der Waals surface area contributed by atoms with E-state index in [2.05, 4.69) is 52.8 Å². The second-order valence-corrected chi connectivity index (χ2v) is 11.0. The SMILES string of the molecule is C/C(=C\CC/C(C)=C/CC/C(C)=C/CC[C@H]1[C@@H](C)CCC2C(C)C(=O)CC[C@@]21C)CO. The van der Waals surface area contributed by atoms with E-state index in [-0.39, 0.29) is 12.5 Å². The van der Waals surface area contributed by atoms with E-state index in [4.69, 9.17) is 5.11 Å². The highest BCUT2D eigenvalue weighted by molar-refractivity contribution is 5.82. The normalized spacial score (nSPS) is 32.9. The van der Waals surface area contributed by atoms with Gasteiger partial charge in [0.05, 0.1) is 6.61 Å². The Balaban J connectivity index is 1.82. The molecule has 0 aromatic rings. The fraction of sp³-hybridized carbons (Fsp3) is 0.759. The molecule has 0 aromatic carbocycles. The molecule has 0 aromatic heterocycles. The molecule has 2 aliphatic carbocycles. The van der Waals surface area contributed by atoms with Crippen molar-refractivity contribution in [3.63, 3.8) is 0 Å². The summed E-state index contributed by atoms with van der Waals surface area (Å²) in [6.45, 7) is 13.8. The van der Waals surface area contributed by atoms with Crippen molar-refractivity contribution < 1.29 is 9.90 Å². The fourth-order valence-corrected chi connectivity index (χ4v) is 6.42. The van der Waals surface area contributed by atoms with Gasteiger partial charge in [-0.2, -0.15) is 0 Å². The number of carbonyl (C=O) groups is 1. The average molecular weight is 429 g/mol. The Hall–Kier alpha value is -1.15. The molecule has 0 amide bonds. The van der Waals surface area contributed by atoms with Crippen LogP contribution in [0.3, 0.4) is 0 Å². The van der Waals surface area contributed by atoms with Crippen LogP contribution in [-0.2, 0) is 4.79 Å². The van der Waals surface area contributed by atoms with Gasteiger partial charge in [0.1, 0.15) is 5.78 Å². The predicted molar refractivity (Wildman–Crippen MR) is 133 cm³/mol. The molecule has 0 spiro atoms. The molecule has 176 valence electrons. The minimum atomic E-state index is 0.170. The van der Waals surface area contributed by atoms with Crippen molar-refractivity contribution >= 4 is 5.78 Å². The van der Waals surface area contributed by atoms with Crippen LogP contribution in [0.25, 0.3) is 0 Å². The zero-order valence-corrected chi connectivity index (χ0v) is 21.2. The van der Waals surface area contributed by atoms with Gasteiger partial charge in [0.2, 0.25) is 0 Å². The molecule has 2 nitrogen and oxygen atoms in total. The number of aliphatic hydroxyl groups excluding tert-OH is 1. The molecule has 31 heavy (non-hydrogen) atoms. The highest BCUT2D eigenvalue weighted by atomic mass is 16.3. The van der Waals surface area contributed by atoms with Gasteiger partial charge in [-0.15, -0.1) is 0 Å². The summed E-state index contributed by atoms with van der Waals surface area (Å²) < 4.78 is 0. The van der Waals surface area contributed by atoms with Crippen LogP contribution in [-0.4, -0.2) is 17.5 Å². The molecule has 2 heteroatoms. The van der Waals surface area contributed by atoms with Gasteiger partial charge in [-0.05, 0) is 95.3 Å². The topological polar surface area (TPSA) is 37.3 Å². The first-order chi connectivity index (χ1) is 14.7. The zero-order valence-electron chi connectivity index (χ0n) is 21.2. The van der Waals surface area contributed by atoms with Gasteiger partial charge in [0.25, 0.3) is 0 Å². The Labute approximate surface area is 192 Å². The van der Waals surface area contributed by atoms with Crippen molar-refractivity contribution in [1.29, 1.82) is 0 Å². The van der Waals surface area contributed by atoms with Crippen molar-refractivity contribution in [3.05, 3.63) is 34.9 Å². The Morgan fingerprint density at radius 2 is 1.55 bits per heavy atom. The molecule has 2 rings (SSSR count). The summed E-state index contributed by atoms with van der Waals surface area (Å²) in [5.74, 6) is 2.91. The summed E-state index contributed by atoms with van der Waals surface area (Å²) >= 11 is 0. The maximum atomic E-state index is 12.3. The standard InChI is InChI=1S/C29H48O2/c1-21(12-8-14-23(3)20-30)10-7-11-22(2)13-9-15-26-24(4)16-17-27-25(5)28(31)18-19-29(26,27)6/h10,13-14,24-27,30H,7-9,11-12,15-20H2,1-6H3/b21-10+,22-13+,23-14+/t24-,25?,26-,27?,29+/m0/s1. The quantitative estimate of drug-likeness (QED) is 0.360. The molecule has 0 saturated heterocycles. The van der Waals surface area contributed by atoms with Crippen LogP contribution in [0, 0.1) is 29.1 Å². The van der Waals surface area contributed by atoms with Crippen LogP contribution >= 0.6 is 0 Å². The van der Waals surface area contributed by atoms with Crippen LogP contribution in [0.5, 0.6) is 0 Å². The molecule has 2 unspecified atom stereocenters. The third-order valence-corrected chi connectivity index (χ3v) is 8.62. The van der Waals surface area contributed by atoms with Crippen molar-refractivity contribution in [2.24, 2.45) is 29.1 Å². The van der Waals surface area contributed by atoms with E-state index in [1.165, 1.54) is 36.8 Å². The lowest BCUT2D eigenvalue weighted by molar-refractivity contribution is -0.138. The first kappa shape index (κ1) is 26.1. The lowest BCUT2D eigenvalue weighted by Gasteiger charge is -2.55. The molecule has 0 bridgehead atoms. The Morgan fingerprint density at radius 3 is 2.16 bits per heavy atom. The third kappa shape index (κ3) is 7.17. The first-order valence-corrected chi connectivity index (χ1v) is 12.8. The number of allylic oxidation sites excluding steroid dienone is 5. The van der Waals surface area contributed by atoms with Crippen molar-refractivity contribution in [2.45, 2.75) is 106 Å². The van der Waals surface area contributed by atoms with E-state index in [1.54, 1.807) is 0 Å². The van der Waals surface area contributed by atoms with Gasteiger partial charge in [0.15, 0.2) is 0 Å². The summed E-state index contributed by atoms with van der Waals surface area (Å²) in [5, 5.41) is 9.06. The van der Waals surface area contributed by atoms with Gasteiger partial charge in [-0.25, -0.2) is 0 Å². The largest absolute Gasteiger partial charge is 0.392 e. The Kier molecular flexibility index (Phi) is 10.3. The molecule has 0 aliphatic heterocycles. The number of Topliss-reactive ketones (excluding diaryl/α,β-unsaturated/α-hetero) is 1. The van der Waals surface area contributed by atoms with Gasteiger partial charge in [0, 0.05) is 12.3 Å². The van der Waals surface area contributed by atoms with Crippen molar-refractivity contribution in [1.82, 2.24) is 0 Å². The number of aliphatic hydroxyl groups is 1. The van der Waals surface area contributed by atoms with Crippen LogP contribution in [0.2, 0.25) is 0 Å². The van der Waals surface area contributed by atoms with E-state index in [1.807, 2.05) is 6.92 Å². The number of carbonyl (C=O) groups excluding carboxylic acids is 1. The fourth-order valence-electron chi connectivity index (χ4n) is 6.42. The van der Waals surface area contributed by atoms with E-state index in [9.17, 15) is 4.79 Å². The van der Waals surface area contributed by atoms with Gasteiger partial charge >= 0.3 is 0 Å². The molecule has 5 atom stereocenters. The van der Waals surface area contributed by atoms with Crippen LogP contribution < -0.4 is 0 Å². The molecule has 1 N–H and O–H groups in total. The molecule has 0 heterocycles. The van der Waals surface area contributed by atoms with Gasteiger partial charge in [-0.1, -0.05) is 62.1 Å². The second-order valence-electron chi connectivity index (χ2n) is 11.0. The zero-order chi connectivity index (χ0) is 23.0. The number of hydrogen-bond acceptors (Lipinski definition) is 2. The minimum Gasteiger partial charge on any atom is -0.392 e. The lowest BCUT2D eigenvalue weighted by Crippen LogP contribution is -2.50. The molecule has 2 aliphatic rings. The third-order valence-electron chi connectivity index (χ3n) is 8.62. The monoisotopic (exact) mass is 428 g/mol.